The summed E-state index contributed by atoms with van der Waals surface area (Å²) < 4.78 is 11.1. The molecule has 0 radical (unpaired) electrons. The van der Waals surface area contributed by atoms with E-state index in [9.17, 15) is 9.59 Å². The minimum atomic E-state index is -0.329. The molecule has 3 aromatic rings. The van der Waals surface area contributed by atoms with Gasteiger partial charge in [-0.1, -0.05) is 29.3 Å². The molecule has 2 N–H and O–H groups in total. The molecule has 172 valence electrons. The Hall–Kier alpha value is -3.22. The molecular formula is C25H24Cl2N2O4. The highest BCUT2D eigenvalue weighted by molar-refractivity contribution is 6.31. The van der Waals surface area contributed by atoms with Gasteiger partial charge in [-0.3, -0.25) is 9.59 Å². The van der Waals surface area contributed by atoms with Gasteiger partial charge in [0.25, 0.3) is 11.8 Å². The van der Waals surface area contributed by atoms with Gasteiger partial charge in [0.2, 0.25) is 0 Å². The number of carbonyl (C=O) groups excluding carboxylic acids is 2. The summed E-state index contributed by atoms with van der Waals surface area (Å²) >= 11 is 12.0. The van der Waals surface area contributed by atoms with E-state index in [0.29, 0.717) is 32.9 Å². The van der Waals surface area contributed by atoms with Gasteiger partial charge in [0.15, 0.2) is 13.2 Å². The number of carbonyl (C=O) groups is 2. The number of amides is 2. The highest BCUT2D eigenvalue weighted by Gasteiger charge is 2.10. The largest absolute Gasteiger partial charge is 0.484 e. The van der Waals surface area contributed by atoms with Gasteiger partial charge in [0, 0.05) is 21.4 Å². The summed E-state index contributed by atoms with van der Waals surface area (Å²) in [5.41, 5.74) is 3.68. The van der Waals surface area contributed by atoms with Crippen LogP contribution in [0.1, 0.15) is 16.7 Å². The predicted molar refractivity (Wildman–Crippen MR) is 132 cm³/mol. The summed E-state index contributed by atoms with van der Waals surface area (Å²) in [6.45, 7) is 5.26. The van der Waals surface area contributed by atoms with Crippen molar-refractivity contribution >= 4 is 46.4 Å². The molecule has 3 aromatic carbocycles. The standard InChI is InChI=1S/C25H24Cl2N2O4/c1-15-4-5-18(28-24(30)13-32-19-6-8-21(26)16(2)10-19)12-23(15)29-25(31)14-33-20-7-9-22(27)17(3)11-20/h4-12H,13-14H2,1-3H3,(H,28,30)(H,29,31). The molecule has 0 unspecified atom stereocenters. The number of hydrogen-bond donors (Lipinski definition) is 2. The van der Waals surface area contributed by atoms with Crippen molar-refractivity contribution < 1.29 is 19.1 Å². The third kappa shape index (κ3) is 7.14. The van der Waals surface area contributed by atoms with Crippen molar-refractivity contribution in [3.05, 3.63) is 81.3 Å². The average molecular weight is 487 g/mol. The van der Waals surface area contributed by atoms with E-state index in [-0.39, 0.29) is 25.0 Å². The van der Waals surface area contributed by atoms with Crippen LogP contribution in [0.15, 0.2) is 54.6 Å². The average Bonchev–Trinajstić information content (AvgIpc) is 2.77. The van der Waals surface area contributed by atoms with Crippen LogP contribution >= 0.6 is 23.2 Å². The summed E-state index contributed by atoms with van der Waals surface area (Å²) in [6, 6.07) is 15.6. The van der Waals surface area contributed by atoms with Gasteiger partial charge in [0.05, 0.1) is 0 Å². The fraction of sp³-hybridized carbons (Fsp3) is 0.200. The number of hydrogen-bond acceptors (Lipinski definition) is 4. The minimum Gasteiger partial charge on any atom is -0.484 e. The van der Waals surface area contributed by atoms with Crippen LogP contribution in [0.2, 0.25) is 10.0 Å². The molecule has 8 heteroatoms. The Morgan fingerprint density at radius 1 is 0.697 bits per heavy atom. The zero-order valence-electron chi connectivity index (χ0n) is 18.5. The van der Waals surface area contributed by atoms with Crippen LogP contribution in [0, 0.1) is 20.8 Å². The molecule has 2 amide bonds. The van der Waals surface area contributed by atoms with Gasteiger partial charge in [-0.15, -0.1) is 0 Å². The van der Waals surface area contributed by atoms with Crippen LogP contribution in [0.4, 0.5) is 11.4 Å². The van der Waals surface area contributed by atoms with Gasteiger partial charge in [-0.05, 0) is 86.0 Å². The van der Waals surface area contributed by atoms with Crippen LogP contribution < -0.4 is 20.1 Å². The highest BCUT2D eigenvalue weighted by Crippen LogP contribution is 2.23. The predicted octanol–water partition coefficient (Wildman–Crippen LogP) is 5.95. The number of halogens is 2. The topological polar surface area (TPSA) is 76.7 Å². The molecule has 0 aliphatic carbocycles. The zero-order valence-corrected chi connectivity index (χ0v) is 20.0. The molecule has 0 fully saturated rings. The summed E-state index contributed by atoms with van der Waals surface area (Å²) in [4.78, 5) is 24.6. The van der Waals surface area contributed by atoms with Gasteiger partial charge in [0.1, 0.15) is 11.5 Å². The molecule has 0 saturated heterocycles. The Kier molecular flexibility index (Phi) is 8.20. The van der Waals surface area contributed by atoms with Crippen LogP contribution in [-0.4, -0.2) is 25.0 Å². The van der Waals surface area contributed by atoms with E-state index < -0.39 is 0 Å². The van der Waals surface area contributed by atoms with Crippen LogP contribution in [0.3, 0.4) is 0 Å². The Morgan fingerprint density at radius 2 is 1.21 bits per heavy atom. The van der Waals surface area contributed by atoms with Crippen molar-refractivity contribution in [3.63, 3.8) is 0 Å². The molecule has 0 atom stereocenters. The second-order valence-electron chi connectivity index (χ2n) is 7.53. The number of benzene rings is 3. The monoisotopic (exact) mass is 486 g/mol. The van der Waals surface area contributed by atoms with E-state index in [2.05, 4.69) is 10.6 Å². The Morgan fingerprint density at radius 3 is 1.73 bits per heavy atom. The normalized spacial score (nSPS) is 10.5. The first-order valence-electron chi connectivity index (χ1n) is 10.2. The van der Waals surface area contributed by atoms with Crippen molar-refractivity contribution in [2.24, 2.45) is 0 Å². The van der Waals surface area contributed by atoms with E-state index in [1.165, 1.54) is 0 Å². The fourth-order valence-electron chi connectivity index (χ4n) is 2.93. The SMILES string of the molecule is Cc1cc(OCC(=O)Nc2ccc(C)c(NC(=O)COc3ccc(Cl)c(C)c3)c2)ccc1Cl. The summed E-state index contributed by atoms with van der Waals surface area (Å²) in [7, 11) is 0. The van der Waals surface area contributed by atoms with E-state index in [1.807, 2.05) is 20.8 Å². The van der Waals surface area contributed by atoms with Gasteiger partial charge in [-0.2, -0.15) is 0 Å². The summed E-state index contributed by atoms with van der Waals surface area (Å²) in [5.74, 6) is 0.459. The molecule has 0 heterocycles. The lowest BCUT2D eigenvalue weighted by Gasteiger charge is -2.13. The second-order valence-corrected chi connectivity index (χ2v) is 8.34. The molecule has 0 aromatic heterocycles. The molecule has 0 saturated carbocycles. The maximum Gasteiger partial charge on any atom is 0.262 e. The smallest absolute Gasteiger partial charge is 0.262 e. The maximum absolute atomic E-state index is 12.4. The van der Waals surface area contributed by atoms with Crippen molar-refractivity contribution in [1.29, 1.82) is 0 Å². The molecule has 0 aliphatic heterocycles. The summed E-state index contributed by atoms with van der Waals surface area (Å²) in [6.07, 6.45) is 0. The molecule has 0 bridgehead atoms. The minimum absolute atomic E-state index is 0.161. The van der Waals surface area contributed by atoms with Crippen LogP contribution in [-0.2, 0) is 9.59 Å². The molecule has 0 spiro atoms. The fourth-order valence-corrected chi connectivity index (χ4v) is 3.16. The molecule has 3 rings (SSSR count). The molecule has 6 nitrogen and oxygen atoms in total. The third-order valence-electron chi connectivity index (χ3n) is 4.79. The lowest BCUT2D eigenvalue weighted by Crippen LogP contribution is -2.22. The first-order chi connectivity index (χ1) is 15.7. The number of anilines is 2. The summed E-state index contributed by atoms with van der Waals surface area (Å²) in [5, 5.41) is 6.84. The first kappa shape index (κ1) is 24.4. The van der Waals surface area contributed by atoms with Crippen molar-refractivity contribution in [1.82, 2.24) is 0 Å². The third-order valence-corrected chi connectivity index (χ3v) is 5.64. The second kappa shape index (κ2) is 11.1. The molecule has 0 aliphatic rings. The number of ether oxygens (including phenoxy) is 2. The van der Waals surface area contributed by atoms with Crippen molar-refractivity contribution in [2.45, 2.75) is 20.8 Å². The van der Waals surface area contributed by atoms with Gasteiger partial charge < -0.3 is 20.1 Å². The molecule has 33 heavy (non-hydrogen) atoms. The van der Waals surface area contributed by atoms with Crippen LogP contribution in [0.25, 0.3) is 0 Å². The van der Waals surface area contributed by atoms with E-state index in [4.69, 9.17) is 32.7 Å². The van der Waals surface area contributed by atoms with E-state index in [0.717, 1.165) is 16.7 Å². The maximum atomic E-state index is 12.4. The zero-order chi connectivity index (χ0) is 24.0. The first-order valence-corrected chi connectivity index (χ1v) is 10.9. The van der Waals surface area contributed by atoms with E-state index in [1.54, 1.807) is 54.6 Å². The van der Waals surface area contributed by atoms with Crippen molar-refractivity contribution in [3.8, 4) is 11.5 Å². The lowest BCUT2D eigenvalue weighted by atomic mass is 10.1. The Labute approximate surface area is 202 Å². The molecular weight excluding hydrogens is 463 g/mol. The van der Waals surface area contributed by atoms with Gasteiger partial charge in [-0.25, -0.2) is 0 Å². The highest BCUT2D eigenvalue weighted by atomic mass is 35.5. The number of aryl methyl sites for hydroxylation is 3. The Bertz CT molecular complexity index is 1180. The van der Waals surface area contributed by atoms with E-state index >= 15 is 0 Å². The number of nitrogens with one attached hydrogen (secondary N) is 2. The number of rotatable bonds is 8. The quantitative estimate of drug-likeness (QED) is 0.412. The van der Waals surface area contributed by atoms with Gasteiger partial charge >= 0.3 is 0 Å². The lowest BCUT2D eigenvalue weighted by molar-refractivity contribution is -0.118. The van der Waals surface area contributed by atoms with Crippen LogP contribution in [0.5, 0.6) is 11.5 Å². The Balaban J connectivity index is 1.54. The van der Waals surface area contributed by atoms with Crippen molar-refractivity contribution in [2.75, 3.05) is 23.8 Å².